The Morgan fingerprint density at radius 3 is 2.06 bits per heavy atom. The maximum Gasteiger partial charge on any atom is 0.261 e. The van der Waals surface area contributed by atoms with Crippen LogP contribution in [-0.2, 0) is 0 Å². The third kappa shape index (κ3) is 5.92. The number of piperidine rings is 1. The molecule has 0 bridgehead atoms. The molecular weight excluding hydrogens is 456 g/mol. The van der Waals surface area contributed by atoms with E-state index >= 15 is 0 Å². The highest BCUT2D eigenvalue weighted by Crippen LogP contribution is 2.26. The fourth-order valence-corrected chi connectivity index (χ4v) is 4.99. The standard InChI is InChI=1S/C29H32N4O.ClH/c34-29-27-15-7-8-16-28(27)30-23-33(29)26-17-21-31(22-18-26)19-9-10-20-32(24-11-3-1-4-12-24)25-13-5-2-6-14-25;/h1-8,11-16,23,26H,9-10,17-22H2;1H. The number of nitrogens with zero attached hydrogens (tertiary/aromatic N) is 4. The van der Waals surface area contributed by atoms with Gasteiger partial charge >= 0.3 is 0 Å². The van der Waals surface area contributed by atoms with Crippen molar-refractivity contribution in [1.82, 2.24) is 14.5 Å². The van der Waals surface area contributed by atoms with Crippen molar-refractivity contribution >= 4 is 34.7 Å². The highest BCUT2D eigenvalue weighted by molar-refractivity contribution is 5.85. The molecule has 5 rings (SSSR count). The molecule has 1 saturated heterocycles. The lowest BCUT2D eigenvalue weighted by Crippen LogP contribution is -2.38. The van der Waals surface area contributed by atoms with Crippen LogP contribution < -0.4 is 10.5 Å². The Balaban J connectivity index is 0.00000289. The number of rotatable bonds is 8. The Morgan fingerprint density at radius 1 is 0.800 bits per heavy atom. The molecule has 1 aliphatic rings. The molecule has 0 amide bonds. The van der Waals surface area contributed by atoms with Gasteiger partial charge in [0.15, 0.2) is 0 Å². The largest absolute Gasteiger partial charge is 0.341 e. The fraction of sp³-hybridized carbons (Fsp3) is 0.310. The van der Waals surface area contributed by atoms with Gasteiger partial charge in [0.2, 0.25) is 0 Å². The second-order valence-electron chi connectivity index (χ2n) is 9.08. The topological polar surface area (TPSA) is 41.4 Å². The molecule has 0 unspecified atom stereocenters. The summed E-state index contributed by atoms with van der Waals surface area (Å²) in [5.41, 5.74) is 3.35. The Morgan fingerprint density at radius 2 is 1.40 bits per heavy atom. The molecule has 6 heteroatoms. The lowest BCUT2D eigenvalue weighted by molar-refractivity contribution is 0.182. The van der Waals surface area contributed by atoms with Gasteiger partial charge in [-0.1, -0.05) is 48.5 Å². The molecule has 35 heavy (non-hydrogen) atoms. The second kappa shape index (κ2) is 12.0. The zero-order valence-electron chi connectivity index (χ0n) is 20.0. The SMILES string of the molecule is Cl.O=c1c2ccccc2ncn1C1CCN(CCCCN(c2ccccc2)c2ccccc2)CC1. The lowest BCUT2D eigenvalue weighted by atomic mass is 10.0. The summed E-state index contributed by atoms with van der Waals surface area (Å²) in [4.78, 5) is 22.4. The monoisotopic (exact) mass is 488 g/mol. The molecule has 1 aliphatic heterocycles. The average Bonchev–Trinajstić information content (AvgIpc) is 2.91. The number of likely N-dealkylation sites (tertiary alicyclic amines) is 1. The summed E-state index contributed by atoms with van der Waals surface area (Å²) in [7, 11) is 0. The Hall–Kier alpha value is -3.15. The van der Waals surface area contributed by atoms with Crippen LogP contribution in [0.3, 0.4) is 0 Å². The first-order chi connectivity index (χ1) is 16.8. The number of benzene rings is 3. The summed E-state index contributed by atoms with van der Waals surface area (Å²) in [6, 6.07) is 29.1. The Bertz CT molecular complexity index is 1210. The zero-order valence-corrected chi connectivity index (χ0v) is 20.8. The van der Waals surface area contributed by atoms with Crippen molar-refractivity contribution in [2.24, 2.45) is 0 Å². The molecule has 182 valence electrons. The predicted molar refractivity (Wildman–Crippen MR) is 147 cm³/mol. The molecule has 0 atom stereocenters. The molecule has 4 aromatic rings. The van der Waals surface area contributed by atoms with Crippen molar-refractivity contribution in [3.63, 3.8) is 0 Å². The van der Waals surface area contributed by atoms with Crippen LogP contribution in [0.15, 0.2) is 96.1 Å². The number of unbranched alkanes of at least 4 members (excludes halogenated alkanes) is 1. The van der Waals surface area contributed by atoms with Gasteiger partial charge in [-0.05, 0) is 68.6 Å². The number of hydrogen-bond acceptors (Lipinski definition) is 4. The van der Waals surface area contributed by atoms with Crippen LogP contribution >= 0.6 is 12.4 Å². The first-order valence-electron chi connectivity index (χ1n) is 12.4. The van der Waals surface area contributed by atoms with E-state index in [-0.39, 0.29) is 24.0 Å². The highest BCUT2D eigenvalue weighted by atomic mass is 35.5. The van der Waals surface area contributed by atoms with Gasteiger partial charge in [0.1, 0.15) is 0 Å². The quantitative estimate of drug-likeness (QED) is 0.282. The van der Waals surface area contributed by atoms with Crippen LogP contribution in [0, 0.1) is 0 Å². The van der Waals surface area contributed by atoms with E-state index in [2.05, 4.69) is 75.4 Å². The van der Waals surface area contributed by atoms with Crippen molar-refractivity contribution < 1.29 is 0 Å². The van der Waals surface area contributed by atoms with Gasteiger partial charge in [-0.3, -0.25) is 9.36 Å². The Labute approximate surface area is 213 Å². The van der Waals surface area contributed by atoms with E-state index in [1.165, 1.54) is 11.4 Å². The Kier molecular flexibility index (Phi) is 8.56. The van der Waals surface area contributed by atoms with Crippen molar-refractivity contribution in [2.45, 2.75) is 31.7 Å². The summed E-state index contributed by atoms with van der Waals surface area (Å²) in [5, 5.41) is 0.716. The third-order valence-corrected chi connectivity index (χ3v) is 6.88. The van der Waals surface area contributed by atoms with Gasteiger partial charge in [-0.25, -0.2) is 4.98 Å². The van der Waals surface area contributed by atoms with Crippen LogP contribution in [0.1, 0.15) is 31.7 Å². The maximum atomic E-state index is 12.9. The first-order valence-corrected chi connectivity index (χ1v) is 12.4. The third-order valence-electron chi connectivity index (χ3n) is 6.88. The smallest absolute Gasteiger partial charge is 0.261 e. The lowest BCUT2D eigenvalue weighted by Gasteiger charge is -2.33. The maximum absolute atomic E-state index is 12.9. The summed E-state index contributed by atoms with van der Waals surface area (Å²) < 4.78 is 1.86. The van der Waals surface area contributed by atoms with Crippen LogP contribution in [0.2, 0.25) is 0 Å². The van der Waals surface area contributed by atoms with Gasteiger partial charge in [-0.2, -0.15) is 0 Å². The summed E-state index contributed by atoms with van der Waals surface area (Å²) in [6.45, 7) is 4.17. The second-order valence-corrected chi connectivity index (χ2v) is 9.08. The highest BCUT2D eigenvalue weighted by Gasteiger charge is 2.22. The van der Waals surface area contributed by atoms with E-state index < -0.39 is 0 Å². The van der Waals surface area contributed by atoms with Crippen LogP contribution in [0.5, 0.6) is 0 Å². The minimum absolute atomic E-state index is 0. The van der Waals surface area contributed by atoms with Crippen molar-refractivity contribution in [3.05, 3.63) is 102 Å². The number of halogens is 1. The molecule has 0 aliphatic carbocycles. The molecule has 0 saturated carbocycles. The molecule has 1 aromatic heterocycles. The van der Waals surface area contributed by atoms with E-state index in [1.54, 1.807) is 6.33 Å². The van der Waals surface area contributed by atoms with Crippen molar-refractivity contribution in [2.75, 3.05) is 31.1 Å². The van der Waals surface area contributed by atoms with Gasteiger partial charge in [-0.15, -0.1) is 12.4 Å². The van der Waals surface area contributed by atoms with Crippen LogP contribution in [-0.4, -0.2) is 40.6 Å². The molecule has 0 radical (unpaired) electrons. The van der Waals surface area contributed by atoms with Crippen molar-refractivity contribution in [1.29, 1.82) is 0 Å². The molecule has 1 fully saturated rings. The minimum atomic E-state index is 0. The van der Waals surface area contributed by atoms with E-state index in [0.29, 0.717) is 5.39 Å². The number of anilines is 2. The van der Waals surface area contributed by atoms with Crippen LogP contribution in [0.25, 0.3) is 10.9 Å². The number of para-hydroxylation sites is 3. The van der Waals surface area contributed by atoms with Gasteiger partial charge in [0.25, 0.3) is 5.56 Å². The van der Waals surface area contributed by atoms with Crippen LogP contribution in [0.4, 0.5) is 11.4 Å². The van der Waals surface area contributed by atoms with E-state index in [1.807, 2.05) is 28.8 Å². The normalized spacial score (nSPS) is 14.5. The number of hydrogen-bond donors (Lipinski definition) is 0. The summed E-state index contributed by atoms with van der Waals surface area (Å²) in [6.07, 6.45) is 6.04. The molecule has 0 N–H and O–H groups in total. The summed E-state index contributed by atoms with van der Waals surface area (Å²) in [5.74, 6) is 0. The number of aromatic nitrogens is 2. The molecule has 5 nitrogen and oxygen atoms in total. The fourth-order valence-electron chi connectivity index (χ4n) is 4.99. The first kappa shape index (κ1) is 25.0. The number of fused-ring (bicyclic) bond motifs is 1. The van der Waals surface area contributed by atoms with E-state index in [0.717, 1.165) is 57.4 Å². The van der Waals surface area contributed by atoms with Gasteiger partial charge in [0.05, 0.1) is 17.2 Å². The van der Waals surface area contributed by atoms with Gasteiger partial charge in [0, 0.05) is 37.1 Å². The predicted octanol–water partition coefficient (Wildman–Crippen LogP) is 6.07. The zero-order chi connectivity index (χ0) is 23.2. The molecule has 3 aromatic carbocycles. The minimum Gasteiger partial charge on any atom is -0.341 e. The molecular formula is C29H33ClN4O. The molecule has 2 heterocycles. The van der Waals surface area contributed by atoms with E-state index in [9.17, 15) is 4.79 Å². The molecule has 0 spiro atoms. The summed E-state index contributed by atoms with van der Waals surface area (Å²) >= 11 is 0. The van der Waals surface area contributed by atoms with E-state index in [4.69, 9.17) is 0 Å². The van der Waals surface area contributed by atoms with Gasteiger partial charge < -0.3 is 9.80 Å². The van der Waals surface area contributed by atoms with Crippen molar-refractivity contribution in [3.8, 4) is 0 Å². The average molecular weight is 489 g/mol.